The Balaban J connectivity index is 0.000000256. The lowest BCUT2D eigenvalue weighted by molar-refractivity contribution is -0.239. The van der Waals surface area contributed by atoms with Crippen molar-refractivity contribution in [2.24, 2.45) is 5.92 Å². The normalized spacial score (nSPS) is 17.9. The Hall–Kier alpha value is -7.24. The van der Waals surface area contributed by atoms with Gasteiger partial charge in [-0.05, 0) is 77.6 Å². The number of hydrogen-bond donors (Lipinski definition) is 6. The van der Waals surface area contributed by atoms with Crippen molar-refractivity contribution in [3.63, 3.8) is 0 Å². The molecular weight excluding hydrogens is 1130 g/mol. The number of alkyl halides is 3. The van der Waals surface area contributed by atoms with Crippen molar-refractivity contribution in [1.29, 1.82) is 0 Å². The number of rotatable bonds is 17. The third-order valence-corrected chi connectivity index (χ3v) is 12.4. The molecular formula is C45H54ClF3N9O19PS. The number of thioether (sulfide) groups is 1. The number of cyclic esters (lactones) is 1. The molecule has 34 heteroatoms. The number of aliphatic carboxylic acids is 2. The molecule has 7 rings (SSSR count). The summed E-state index contributed by atoms with van der Waals surface area (Å²) in [6, 6.07) is 5.35. The number of imidazole rings is 1. The summed E-state index contributed by atoms with van der Waals surface area (Å²) in [4.78, 5) is 80.9. The van der Waals surface area contributed by atoms with Crippen LogP contribution in [0, 0.1) is 17.8 Å². The Morgan fingerprint density at radius 1 is 0.987 bits per heavy atom. The number of benzene rings is 1. The first-order chi connectivity index (χ1) is 37.1. The Bertz CT molecular complexity index is 2930. The average molecular weight is 1180 g/mol. The highest BCUT2D eigenvalue weighted by molar-refractivity contribution is 8.00. The largest absolute Gasteiger partial charge is 0.510 e. The van der Waals surface area contributed by atoms with Crippen molar-refractivity contribution in [2.45, 2.75) is 95.8 Å². The van der Waals surface area contributed by atoms with Gasteiger partial charge in [0.15, 0.2) is 11.5 Å². The number of aliphatic hydroxyl groups excluding tert-OH is 1. The minimum Gasteiger partial charge on any atom is -0.478 e. The van der Waals surface area contributed by atoms with E-state index in [9.17, 15) is 46.5 Å². The summed E-state index contributed by atoms with van der Waals surface area (Å²) in [6.07, 6.45) is -3.37. The Morgan fingerprint density at radius 2 is 1.61 bits per heavy atom. The first kappa shape index (κ1) is 64.3. The van der Waals surface area contributed by atoms with Crippen LogP contribution in [-0.4, -0.2) is 137 Å². The number of nitrogens with one attached hydrogen (secondary N) is 1. The van der Waals surface area contributed by atoms with Crippen molar-refractivity contribution in [2.75, 3.05) is 49.1 Å². The zero-order chi connectivity index (χ0) is 58.7. The van der Waals surface area contributed by atoms with Crippen LogP contribution in [0.25, 0.3) is 11.2 Å². The topological polar surface area (TPSA) is 389 Å². The second-order valence-corrected chi connectivity index (χ2v) is 20.3. The van der Waals surface area contributed by atoms with E-state index in [1.54, 1.807) is 51.4 Å². The Kier molecular flexibility index (Phi) is 24.1. The van der Waals surface area contributed by atoms with Crippen LogP contribution in [0.2, 0.25) is 5.02 Å². The van der Waals surface area contributed by atoms with Crippen LogP contribution in [-0.2, 0) is 68.5 Å². The molecule has 1 saturated carbocycles. The number of hydrogen-bond acceptors (Lipinski definition) is 24. The third kappa shape index (κ3) is 20.8. The van der Waals surface area contributed by atoms with Gasteiger partial charge in [0.2, 0.25) is 13.6 Å². The highest BCUT2D eigenvalue weighted by Crippen LogP contribution is 2.49. The first-order valence-corrected chi connectivity index (χ1v) is 26.1. The van der Waals surface area contributed by atoms with Crippen molar-refractivity contribution >= 4 is 89.8 Å². The molecule has 0 spiro atoms. The highest BCUT2D eigenvalue weighted by Gasteiger charge is 2.62. The molecule has 1 saturated heterocycles. The fourth-order valence-corrected chi connectivity index (χ4v) is 8.17. The number of anilines is 3. The zero-order valence-electron chi connectivity index (χ0n) is 42.4. The van der Waals surface area contributed by atoms with Crippen LogP contribution in [0.15, 0.2) is 60.1 Å². The van der Waals surface area contributed by atoms with Gasteiger partial charge in [0.05, 0.1) is 43.5 Å². The van der Waals surface area contributed by atoms with Crippen molar-refractivity contribution < 1.29 is 99.2 Å². The third-order valence-electron chi connectivity index (χ3n) is 9.60. The molecule has 2 fully saturated rings. The van der Waals surface area contributed by atoms with Gasteiger partial charge < -0.3 is 64.5 Å². The van der Waals surface area contributed by atoms with Gasteiger partial charge in [-0.15, -0.1) is 11.8 Å². The van der Waals surface area contributed by atoms with Gasteiger partial charge in [-0.3, -0.25) is 23.5 Å². The molecule has 8 N–H and O–H groups in total. The number of carbonyl (C=O) groups excluding carboxylic acids is 3. The molecule has 5 heterocycles. The summed E-state index contributed by atoms with van der Waals surface area (Å²) in [7, 11) is -4.06. The van der Waals surface area contributed by atoms with E-state index in [0.29, 0.717) is 29.1 Å². The van der Waals surface area contributed by atoms with Crippen molar-refractivity contribution in [1.82, 2.24) is 29.1 Å². The molecule has 0 unspecified atom stereocenters. The SMILES string of the molecule is CC(C)OC(=O)OCOP(=O)(CO[C@H](C)Cn1cnc2c(N)ncnc21)OCOC(=O)OC(C)C.Nc1ccn([C@H]2CS[C@@H](CO)O2)c(=O)n1.O=C(O)/C=C/C(=O)O.O=C1Nc2ccc(Cl)cc2[C@@](C#CC2CC2)(C(F)(F)F)O1. The summed E-state index contributed by atoms with van der Waals surface area (Å²) < 4.78 is 102. The highest BCUT2D eigenvalue weighted by atomic mass is 35.5. The lowest BCUT2D eigenvalue weighted by atomic mass is 9.90. The molecule has 432 valence electrons. The fourth-order valence-electron chi connectivity index (χ4n) is 5.98. The number of nitrogen functional groups attached to an aromatic ring is 2. The number of carboxylic acid groups (broad SMARTS) is 2. The van der Waals surface area contributed by atoms with Gasteiger partial charge in [0.1, 0.15) is 35.7 Å². The lowest BCUT2D eigenvalue weighted by Gasteiger charge is -2.35. The number of carbonyl (C=O) groups is 5. The molecule has 4 aromatic rings. The summed E-state index contributed by atoms with van der Waals surface area (Å²) in [5.41, 5.74) is 8.12. The molecule has 2 aliphatic heterocycles. The van der Waals surface area contributed by atoms with E-state index in [0.717, 1.165) is 18.9 Å². The maximum Gasteiger partial charge on any atom is 0.510 e. The Labute approximate surface area is 455 Å². The minimum absolute atomic E-state index is 0.00179. The van der Waals surface area contributed by atoms with E-state index >= 15 is 0 Å². The van der Waals surface area contributed by atoms with E-state index in [1.165, 1.54) is 41.1 Å². The van der Waals surface area contributed by atoms with E-state index < -0.39 is 93.7 Å². The maximum atomic E-state index is 13.6. The second-order valence-electron chi connectivity index (χ2n) is 16.7. The predicted molar refractivity (Wildman–Crippen MR) is 271 cm³/mol. The number of nitrogens with zero attached hydrogens (tertiary/aromatic N) is 6. The number of aliphatic hydroxyl groups is 1. The fraction of sp³-hybridized carbons (Fsp3) is 0.467. The molecule has 1 aromatic carbocycles. The number of amides is 1. The molecule has 0 radical (unpaired) electrons. The first-order valence-electron chi connectivity index (χ1n) is 23.0. The van der Waals surface area contributed by atoms with Crippen LogP contribution in [0.5, 0.6) is 0 Å². The van der Waals surface area contributed by atoms with Crippen LogP contribution in [0.3, 0.4) is 0 Å². The van der Waals surface area contributed by atoms with Gasteiger partial charge >= 0.3 is 49.8 Å². The van der Waals surface area contributed by atoms with E-state index in [4.69, 9.17) is 75.9 Å². The summed E-state index contributed by atoms with van der Waals surface area (Å²) >= 11 is 7.25. The molecule has 1 amide bonds. The Morgan fingerprint density at radius 3 is 2.14 bits per heavy atom. The van der Waals surface area contributed by atoms with Crippen LogP contribution in [0.1, 0.15) is 59.3 Å². The van der Waals surface area contributed by atoms with Crippen LogP contribution in [0.4, 0.5) is 44.9 Å². The van der Waals surface area contributed by atoms with Gasteiger partial charge in [0, 0.05) is 40.6 Å². The van der Waals surface area contributed by atoms with E-state index in [-0.39, 0.29) is 58.6 Å². The molecule has 3 aromatic heterocycles. The molecule has 4 atom stereocenters. The number of halogens is 4. The van der Waals surface area contributed by atoms with Crippen LogP contribution >= 0.6 is 31.0 Å². The molecule has 28 nitrogen and oxygen atoms in total. The van der Waals surface area contributed by atoms with Gasteiger partial charge in [-0.25, -0.2) is 43.7 Å². The molecule has 1 aliphatic carbocycles. The van der Waals surface area contributed by atoms with Crippen molar-refractivity contribution in [3.8, 4) is 11.8 Å². The maximum absolute atomic E-state index is 13.6. The molecule has 0 bridgehead atoms. The number of aromatic nitrogens is 6. The molecule has 79 heavy (non-hydrogen) atoms. The standard InChI is InChI=1S/C19H30N5O10P.C14H9ClF3NO2.C8H11N3O3S.C4H4O4/c1-12(2)33-18(25)28-9-31-35(27,32-10-29-19(26)34-13(3)4)11-30-14(5)6-24-8-23-15-16(20)21-7-22-17(15)24;15-9-3-4-11-10(7-9)13(14(16,17)18,21-12(20)19-11)6-5-8-1-2-8;9-5-1-2-11(8(13)10-5)6-4-15-7(3-12)14-6;5-3(6)1-2-4(7)8/h7-8,12-14H,6,9-11H2,1-5H3,(H2,20,21,22);3-4,7-8H,1-2H2,(H,19,20);1-2,6-7,12H,3-4H2,(H2,9,10,13);1-2H,(H,5,6)(H,7,8)/b;;;2-1+/t14-;13-;6-,7+;/m101./s1. The summed E-state index contributed by atoms with van der Waals surface area (Å²) in [6.45, 7) is 6.92. The monoisotopic (exact) mass is 1180 g/mol. The number of carboxylic acids is 2. The minimum atomic E-state index is -4.87. The second kappa shape index (κ2) is 29.7. The smallest absolute Gasteiger partial charge is 0.478 e. The quantitative estimate of drug-likeness (QED) is 0.0170. The van der Waals surface area contributed by atoms with Gasteiger partial charge in [-0.1, -0.05) is 17.5 Å². The lowest BCUT2D eigenvalue weighted by Crippen LogP contribution is -2.49. The van der Waals surface area contributed by atoms with E-state index in [2.05, 4.69) is 41.8 Å². The number of nitrogens with two attached hydrogens (primary N) is 2. The van der Waals surface area contributed by atoms with Gasteiger partial charge in [-0.2, -0.15) is 18.2 Å². The van der Waals surface area contributed by atoms with E-state index in [1.807, 2.05) is 0 Å². The van der Waals surface area contributed by atoms with Gasteiger partial charge in [0.25, 0.3) is 5.60 Å². The number of fused-ring (bicyclic) bond motifs is 2. The predicted octanol–water partition coefficient (Wildman–Crippen LogP) is 6.23. The summed E-state index contributed by atoms with van der Waals surface area (Å²) in [5, 5.41) is 26.8. The zero-order valence-corrected chi connectivity index (χ0v) is 44.9. The summed E-state index contributed by atoms with van der Waals surface area (Å²) in [5.74, 6) is 3.14. The molecule has 3 aliphatic rings. The average Bonchev–Trinajstić information content (AvgIpc) is 4.04. The number of ether oxygens (including phenoxy) is 7. The van der Waals surface area contributed by atoms with Crippen LogP contribution < -0.4 is 22.5 Å². The van der Waals surface area contributed by atoms with Crippen molar-refractivity contribution in [3.05, 3.63) is 76.3 Å².